The van der Waals surface area contributed by atoms with E-state index < -0.39 is 0 Å². The molecule has 0 saturated carbocycles. The van der Waals surface area contributed by atoms with Crippen LogP contribution in [0.5, 0.6) is 0 Å². The first-order valence-corrected chi connectivity index (χ1v) is 10.3. The Hall–Kier alpha value is -0.960. The quantitative estimate of drug-likeness (QED) is 0.303. The minimum absolute atomic E-state index is 0.839. The molecule has 0 aliphatic rings. The van der Waals surface area contributed by atoms with E-state index in [0.29, 0.717) is 0 Å². The number of unbranched alkanes of at least 4 members (excludes halogenated alkanes) is 14. The Labute approximate surface area is 151 Å². The standard InChI is InChI=1S/C22H40N2/c23-21-19-17-15-13-11-9-7-5-3-1-2-4-6-8-10-12-14-16-18-20-22-24/h5-24H2. The lowest BCUT2D eigenvalue weighted by molar-refractivity contribution is 0.586. The molecule has 0 aromatic heterocycles. The van der Waals surface area contributed by atoms with Crippen LogP contribution in [0.2, 0.25) is 0 Å². The molecule has 0 aliphatic carbocycles. The zero-order valence-corrected chi connectivity index (χ0v) is 15.9. The molecule has 0 aromatic rings. The van der Waals surface area contributed by atoms with Gasteiger partial charge in [-0.15, -0.1) is 0 Å². The van der Waals surface area contributed by atoms with E-state index in [1.807, 2.05) is 0 Å². The zero-order chi connectivity index (χ0) is 17.6. The Morgan fingerprint density at radius 2 is 0.667 bits per heavy atom. The van der Waals surface area contributed by atoms with Crippen molar-refractivity contribution in [3.05, 3.63) is 0 Å². The highest BCUT2D eigenvalue weighted by molar-refractivity contribution is 5.25. The number of rotatable bonds is 16. The fourth-order valence-electron chi connectivity index (χ4n) is 2.70. The predicted octanol–water partition coefficient (Wildman–Crippen LogP) is 5.15. The summed E-state index contributed by atoms with van der Waals surface area (Å²) in [6.45, 7) is 1.68. The highest BCUT2D eigenvalue weighted by atomic mass is 14.5. The van der Waals surface area contributed by atoms with Gasteiger partial charge in [-0.3, -0.25) is 0 Å². The van der Waals surface area contributed by atoms with Crippen LogP contribution >= 0.6 is 0 Å². The minimum atomic E-state index is 0.839. The van der Waals surface area contributed by atoms with Crippen molar-refractivity contribution in [3.8, 4) is 23.7 Å². The topological polar surface area (TPSA) is 52.0 Å². The average molecular weight is 333 g/mol. The molecular weight excluding hydrogens is 292 g/mol. The lowest BCUT2D eigenvalue weighted by atomic mass is 10.1. The van der Waals surface area contributed by atoms with Crippen LogP contribution in [0.4, 0.5) is 0 Å². The molecule has 0 heterocycles. The molecule has 0 bridgehead atoms. The summed E-state index contributed by atoms with van der Waals surface area (Å²) in [7, 11) is 0. The SMILES string of the molecule is NCCCCCCCCCC#CC#CCCCCCCCCCN. The molecule has 0 aromatic carbocycles. The van der Waals surface area contributed by atoms with Crippen molar-refractivity contribution >= 4 is 0 Å². The molecule has 0 saturated heterocycles. The predicted molar refractivity (Wildman–Crippen MR) is 108 cm³/mol. The van der Waals surface area contributed by atoms with E-state index in [4.69, 9.17) is 11.5 Å². The van der Waals surface area contributed by atoms with E-state index in [2.05, 4.69) is 23.7 Å². The van der Waals surface area contributed by atoms with Gasteiger partial charge < -0.3 is 11.5 Å². The summed E-state index contributed by atoms with van der Waals surface area (Å²) in [6.07, 6.45) is 20.0. The van der Waals surface area contributed by atoms with Crippen LogP contribution in [-0.2, 0) is 0 Å². The molecule has 0 unspecified atom stereocenters. The second-order valence-corrected chi connectivity index (χ2v) is 6.63. The van der Waals surface area contributed by atoms with E-state index in [9.17, 15) is 0 Å². The van der Waals surface area contributed by atoms with Gasteiger partial charge >= 0.3 is 0 Å². The Balaban J connectivity index is 3.23. The van der Waals surface area contributed by atoms with E-state index >= 15 is 0 Å². The third-order valence-corrected chi connectivity index (χ3v) is 4.25. The Morgan fingerprint density at radius 1 is 0.375 bits per heavy atom. The highest BCUT2D eigenvalue weighted by Crippen LogP contribution is 2.08. The maximum Gasteiger partial charge on any atom is 0.00989 e. The summed E-state index contributed by atoms with van der Waals surface area (Å²) in [4.78, 5) is 0. The maximum atomic E-state index is 5.48. The first-order chi connectivity index (χ1) is 11.9. The average Bonchev–Trinajstić information content (AvgIpc) is 2.60. The molecule has 0 fully saturated rings. The Morgan fingerprint density at radius 3 is 1.00 bits per heavy atom. The van der Waals surface area contributed by atoms with Gasteiger partial charge in [0.15, 0.2) is 0 Å². The van der Waals surface area contributed by atoms with Gasteiger partial charge in [0, 0.05) is 12.8 Å². The lowest BCUT2D eigenvalue weighted by Crippen LogP contribution is -1.97. The molecule has 0 aliphatic heterocycles. The third-order valence-electron chi connectivity index (χ3n) is 4.25. The van der Waals surface area contributed by atoms with Gasteiger partial charge in [-0.25, -0.2) is 0 Å². The fourth-order valence-corrected chi connectivity index (χ4v) is 2.70. The Bertz CT molecular complexity index is 318. The second-order valence-electron chi connectivity index (χ2n) is 6.63. The smallest absolute Gasteiger partial charge is 0.00989 e. The maximum absolute atomic E-state index is 5.48. The van der Waals surface area contributed by atoms with Crippen LogP contribution in [0.3, 0.4) is 0 Å². The number of nitrogens with two attached hydrogens (primary N) is 2. The molecule has 0 spiro atoms. The Kier molecular flexibility index (Phi) is 21.2. The summed E-state index contributed by atoms with van der Waals surface area (Å²) in [5.41, 5.74) is 11.0. The van der Waals surface area contributed by atoms with Gasteiger partial charge in [0.25, 0.3) is 0 Å². The van der Waals surface area contributed by atoms with Gasteiger partial charge in [-0.2, -0.15) is 0 Å². The summed E-state index contributed by atoms with van der Waals surface area (Å²) in [5, 5.41) is 0. The van der Waals surface area contributed by atoms with E-state index in [1.54, 1.807) is 0 Å². The van der Waals surface area contributed by atoms with E-state index in [1.165, 1.54) is 89.9 Å². The van der Waals surface area contributed by atoms with Crippen molar-refractivity contribution in [3.63, 3.8) is 0 Å². The molecule has 0 rings (SSSR count). The highest BCUT2D eigenvalue weighted by Gasteiger charge is 1.91. The first-order valence-electron chi connectivity index (χ1n) is 10.3. The first kappa shape index (κ1) is 23.0. The van der Waals surface area contributed by atoms with E-state index in [0.717, 1.165) is 25.9 Å². The van der Waals surface area contributed by atoms with Crippen molar-refractivity contribution in [1.29, 1.82) is 0 Å². The molecule has 0 radical (unpaired) electrons. The molecule has 2 nitrogen and oxygen atoms in total. The second kappa shape index (κ2) is 22.0. The molecule has 0 amide bonds. The summed E-state index contributed by atoms with van der Waals surface area (Å²) >= 11 is 0. The fraction of sp³-hybridized carbons (Fsp3) is 0.818. The third kappa shape index (κ3) is 21.0. The van der Waals surface area contributed by atoms with Crippen molar-refractivity contribution in [1.82, 2.24) is 0 Å². The minimum Gasteiger partial charge on any atom is -0.330 e. The number of hydrogen-bond acceptors (Lipinski definition) is 2. The van der Waals surface area contributed by atoms with Crippen molar-refractivity contribution in [2.45, 2.75) is 103 Å². The van der Waals surface area contributed by atoms with Crippen LogP contribution < -0.4 is 11.5 Å². The van der Waals surface area contributed by atoms with Gasteiger partial charge in [-0.05, 0) is 50.6 Å². The number of hydrogen-bond donors (Lipinski definition) is 2. The molecule has 4 N–H and O–H groups in total. The zero-order valence-electron chi connectivity index (χ0n) is 15.9. The molecule has 0 atom stereocenters. The van der Waals surface area contributed by atoms with Crippen molar-refractivity contribution in [2.24, 2.45) is 11.5 Å². The van der Waals surface area contributed by atoms with Gasteiger partial charge in [0.1, 0.15) is 0 Å². The van der Waals surface area contributed by atoms with Gasteiger partial charge in [0.2, 0.25) is 0 Å². The summed E-state index contributed by atoms with van der Waals surface area (Å²) < 4.78 is 0. The molecular formula is C22H40N2. The van der Waals surface area contributed by atoms with Crippen LogP contribution in [0.25, 0.3) is 0 Å². The molecule has 2 heteroatoms. The largest absolute Gasteiger partial charge is 0.330 e. The van der Waals surface area contributed by atoms with Crippen molar-refractivity contribution < 1.29 is 0 Å². The normalized spacial score (nSPS) is 9.92. The lowest BCUT2D eigenvalue weighted by Gasteiger charge is -1.99. The van der Waals surface area contributed by atoms with Gasteiger partial charge in [0.05, 0.1) is 0 Å². The van der Waals surface area contributed by atoms with Crippen LogP contribution in [0.1, 0.15) is 103 Å². The van der Waals surface area contributed by atoms with E-state index in [-0.39, 0.29) is 0 Å². The molecule has 24 heavy (non-hydrogen) atoms. The molecule has 138 valence electrons. The van der Waals surface area contributed by atoms with Crippen LogP contribution in [0.15, 0.2) is 0 Å². The summed E-state index contributed by atoms with van der Waals surface area (Å²) in [5.74, 6) is 12.3. The van der Waals surface area contributed by atoms with Gasteiger partial charge in [-0.1, -0.05) is 76.0 Å². The van der Waals surface area contributed by atoms with Crippen LogP contribution in [-0.4, -0.2) is 13.1 Å². The monoisotopic (exact) mass is 332 g/mol. The van der Waals surface area contributed by atoms with Crippen LogP contribution in [0, 0.1) is 23.7 Å². The summed E-state index contributed by atoms with van der Waals surface area (Å²) in [6, 6.07) is 0. The van der Waals surface area contributed by atoms with Crippen molar-refractivity contribution in [2.75, 3.05) is 13.1 Å².